The van der Waals surface area contributed by atoms with Crippen LogP contribution in [0.25, 0.3) is 5.76 Å². The van der Waals surface area contributed by atoms with E-state index in [4.69, 9.17) is 0 Å². The van der Waals surface area contributed by atoms with Gasteiger partial charge in [-0.3, -0.25) is 13.9 Å². The molecular formula is C25H21NO5S. The zero-order chi connectivity index (χ0) is 23.0. The summed E-state index contributed by atoms with van der Waals surface area (Å²) in [5.41, 5.74) is 1.82. The van der Waals surface area contributed by atoms with Crippen LogP contribution in [-0.4, -0.2) is 35.9 Å². The van der Waals surface area contributed by atoms with Crippen molar-refractivity contribution in [3.63, 3.8) is 0 Å². The van der Waals surface area contributed by atoms with Crippen LogP contribution >= 0.6 is 0 Å². The number of fused-ring (bicyclic) bond motifs is 1. The molecule has 162 valence electrons. The van der Waals surface area contributed by atoms with Crippen molar-refractivity contribution in [3.8, 4) is 0 Å². The summed E-state index contributed by atoms with van der Waals surface area (Å²) in [6.07, 6.45) is 0. The summed E-state index contributed by atoms with van der Waals surface area (Å²) < 4.78 is 27.7. The SMILES string of the molecule is Cc1ccc(C(=O)CN2/C(=C(/O)c3ccccc3)C(=O)c3ccccc3S2(=O)=O)c(C)c1. The predicted octanol–water partition coefficient (Wildman–Crippen LogP) is 4.30. The van der Waals surface area contributed by atoms with Crippen LogP contribution in [0.5, 0.6) is 0 Å². The first-order valence-corrected chi connectivity index (χ1v) is 11.4. The second kappa shape index (κ2) is 8.09. The molecule has 0 bridgehead atoms. The van der Waals surface area contributed by atoms with Crippen LogP contribution in [0.2, 0.25) is 0 Å². The second-order valence-electron chi connectivity index (χ2n) is 7.64. The first-order chi connectivity index (χ1) is 15.2. The summed E-state index contributed by atoms with van der Waals surface area (Å²) >= 11 is 0. The fourth-order valence-corrected chi connectivity index (χ4v) is 5.45. The zero-order valence-electron chi connectivity index (χ0n) is 17.6. The molecule has 1 heterocycles. The first-order valence-electron chi connectivity index (χ1n) is 9.97. The minimum atomic E-state index is -4.27. The van der Waals surface area contributed by atoms with Crippen molar-refractivity contribution in [2.45, 2.75) is 18.7 Å². The second-order valence-corrected chi connectivity index (χ2v) is 9.47. The molecule has 1 aliphatic heterocycles. The number of aliphatic hydroxyl groups is 1. The van der Waals surface area contributed by atoms with Crippen LogP contribution in [0.1, 0.15) is 37.4 Å². The molecule has 0 aliphatic carbocycles. The highest BCUT2D eigenvalue weighted by atomic mass is 32.2. The molecule has 0 saturated heterocycles. The monoisotopic (exact) mass is 447 g/mol. The molecule has 0 unspecified atom stereocenters. The third-order valence-corrected chi connectivity index (χ3v) is 7.21. The molecule has 3 aromatic carbocycles. The van der Waals surface area contributed by atoms with E-state index in [2.05, 4.69) is 0 Å². The molecule has 0 amide bonds. The van der Waals surface area contributed by atoms with E-state index in [0.717, 1.165) is 9.87 Å². The number of nitrogens with zero attached hydrogens (tertiary/aromatic N) is 1. The Hall–Kier alpha value is -3.71. The molecule has 0 saturated carbocycles. The van der Waals surface area contributed by atoms with Gasteiger partial charge in [-0.2, -0.15) is 0 Å². The third kappa shape index (κ3) is 3.61. The molecule has 6 nitrogen and oxygen atoms in total. The largest absolute Gasteiger partial charge is 0.505 e. The average molecular weight is 448 g/mol. The van der Waals surface area contributed by atoms with Gasteiger partial charge in [0.05, 0.1) is 11.4 Å². The average Bonchev–Trinajstić information content (AvgIpc) is 2.78. The number of sulfonamides is 1. The highest BCUT2D eigenvalue weighted by molar-refractivity contribution is 7.89. The van der Waals surface area contributed by atoms with Gasteiger partial charge in [0.1, 0.15) is 5.70 Å². The van der Waals surface area contributed by atoms with Gasteiger partial charge in [-0.05, 0) is 31.5 Å². The Bertz CT molecular complexity index is 1370. The minimum absolute atomic E-state index is 0.0415. The molecule has 0 atom stereocenters. The molecule has 0 fully saturated rings. The van der Waals surface area contributed by atoms with Crippen LogP contribution in [-0.2, 0) is 10.0 Å². The molecule has 0 aromatic heterocycles. The standard InChI is InChI=1S/C25H21NO5S/c1-16-12-13-19(17(2)14-16)21(27)15-26-23(24(28)18-8-4-3-5-9-18)25(29)20-10-6-7-11-22(20)32(26,30)31/h3-14,28H,15H2,1-2H3/b24-23+. The van der Waals surface area contributed by atoms with E-state index in [1.54, 1.807) is 55.5 Å². The smallest absolute Gasteiger partial charge is 0.265 e. The molecule has 7 heteroatoms. The Labute approximate surface area is 186 Å². The van der Waals surface area contributed by atoms with Gasteiger partial charge in [0.2, 0.25) is 5.78 Å². The van der Waals surface area contributed by atoms with E-state index in [1.807, 2.05) is 13.0 Å². The lowest BCUT2D eigenvalue weighted by atomic mass is 10.0. The van der Waals surface area contributed by atoms with Crippen LogP contribution < -0.4 is 0 Å². The highest BCUT2D eigenvalue weighted by Gasteiger charge is 2.42. The number of rotatable bonds is 4. The Balaban J connectivity index is 1.90. The number of carbonyl (C=O) groups excluding carboxylic acids is 2. The maximum atomic E-state index is 13.5. The molecule has 3 aromatic rings. The van der Waals surface area contributed by atoms with E-state index in [0.29, 0.717) is 11.1 Å². The lowest BCUT2D eigenvalue weighted by Gasteiger charge is -2.31. The summed E-state index contributed by atoms with van der Waals surface area (Å²) in [7, 11) is -4.27. The van der Waals surface area contributed by atoms with E-state index < -0.39 is 39.6 Å². The molecule has 4 rings (SSSR count). The van der Waals surface area contributed by atoms with Crippen LogP contribution in [0.15, 0.2) is 83.4 Å². The number of carbonyl (C=O) groups is 2. The summed E-state index contributed by atoms with van der Waals surface area (Å²) in [6.45, 7) is 3.05. The van der Waals surface area contributed by atoms with Gasteiger partial charge in [-0.15, -0.1) is 0 Å². The Morgan fingerprint density at radius 2 is 1.59 bits per heavy atom. The summed E-state index contributed by atoms with van der Waals surface area (Å²) in [6, 6.07) is 19.2. The Morgan fingerprint density at radius 1 is 0.938 bits per heavy atom. The van der Waals surface area contributed by atoms with Crippen molar-refractivity contribution in [2.24, 2.45) is 0 Å². The maximum Gasteiger partial charge on any atom is 0.265 e. The number of allylic oxidation sites excluding steroid dienone is 1. The topological polar surface area (TPSA) is 91.8 Å². The van der Waals surface area contributed by atoms with Gasteiger partial charge >= 0.3 is 0 Å². The van der Waals surface area contributed by atoms with Crippen molar-refractivity contribution in [1.29, 1.82) is 0 Å². The summed E-state index contributed by atoms with van der Waals surface area (Å²) in [4.78, 5) is 26.3. The fourth-order valence-electron chi connectivity index (χ4n) is 3.82. The number of ketones is 2. The minimum Gasteiger partial charge on any atom is -0.505 e. The fraction of sp³-hybridized carbons (Fsp3) is 0.120. The zero-order valence-corrected chi connectivity index (χ0v) is 18.4. The van der Waals surface area contributed by atoms with E-state index in [-0.39, 0.29) is 16.0 Å². The van der Waals surface area contributed by atoms with Gasteiger partial charge in [0.25, 0.3) is 10.0 Å². The number of Topliss-reactive ketones (excluding diaryl/α,β-unsaturated/α-hetero) is 2. The van der Waals surface area contributed by atoms with Crippen molar-refractivity contribution in [2.75, 3.05) is 6.54 Å². The Kier molecular flexibility index (Phi) is 5.44. The predicted molar refractivity (Wildman–Crippen MR) is 121 cm³/mol. The highest BCUT2D eigenvalue weighted by Crippen LogP contribution is 2.35. The van der Waals surface area contributed by atoms with Crippen LogP contribution in [0.4, 0.5) is 0 Å². The van der Waals surface area contributed by atoms with Crippen LogP contribution in [0.3, 0.4) is 0 Å². The molecule has 32 heavy (non-hydrogen) atoms. The molecular weight excluding hydrogens is 426 g/mol. The third-order valence-electron chi connectivity index (χ3n) is 5.41. The number of benzene rings is 3. The van der Waals surface area contributed by atoms with E-state index in [1.165, 1.54) is 18.2 Å². The molecule has 1 N–H and O–H groups in total. The van der Waals surface area contributed by atoms with Gasteiger partial charge in [-0.1, -0.05) is 66.2 Å². The van der Waals surface area contributed by atoms with Gasteiger partial charge in [0, 0.05) is 16.7 Å². The van der Waals surface area contributed by atoms with Crippen LogP contribution in [0, 0.1) is 13.8 Å². The summed E-state index contributed by atoms with van der Waals surface area (Å²) in [5.74, 6) is -1.64. The molecule has 0 radical (unpaired) electrons. The normalized spacial score (nSPS) is 16.4. The Morgan fingerprint density at radius 3 is 2.28 bits per heavy atom. The van der Waals surface area contributed by atoms with Gasteiger partial charge in [0.15, 0.2) is 11.5 Å². The lowest BCUT2D eigenvalue weighted by molar-refractivity contribution is 0.0952. The maximum absolute atomic E-state index is 13.5. The van der Waals surface area contributed by atoms with Crippen molar-refractivity contribution in [1.82, 2.24) is 4.31 Å². The lowest BCUT2D eigenvalue weighted by Crippen LogP contribution is -2.42. The number of aliphatic hydroxyl groups excluding tert-OH is 1. The number of aryl methyl sites for hydroxylation is 2. The molecule has 0 spiro atoms. The summed E-state index contributed by atoms with van der Waals surface area (Å²) in [5, 5.41) is 11.0. The van der Waals surface area contributed by atoms with E-state index in [9.17, 15) is 23.1 Å². The number of hydrogen-bond acceptors (Lipinski definition) is 5. The van der Waals surface area contributed by atoms with Crippen molar-refractivity contribution in [3.05, 3.63) is 106 Å². The first kappa shape index (κ1) is 21.5. The van der Waals surface area contributed by atoms with Crippen molar-refractivity contribution < 1.29 is 23.1 Å². The quantitative estimate of drug-likeness (QED) is 0.366. The van der Waals surface area contributed by atoms with Crippen molar-refractivity contribution >= 4 is 27.3 Å². The van der Waals surface area contributed by atoms with E-state index >= 15 is 0 Å². The van der Waals surface area contributed by atoms with Gasteiger partial charge in [-0.25, -0.2) is 8.42 Å². The van der Waals surface area contributed by atoms with Gasteiger partial charge < -0.3 is 5.11 Å². The molecule has 1 aliphatic rings. The number of hydrogen-bond donors (Lipinski definition) is 1.